The number of hydrogen-bond donors (Lipinski definition) is 1. The lowest BCUT2D eigenvalue weighted by atomic mass is 10.2. The number of amides is 1. The first-order valence-electron chi connectivity index (χ1n) is 6.04. The Morgan fingerprint density at radius 3 is 2.47 bits per heavy atom. The molecule has 1 aliphatic carbocycles. The van der Waals surface area contributed by atoms with Crippen molar-refractivity contribution < 1.29 is 13.2 Å². The minimum atomic E-state index is -3.05. The summed E-state index contributed by atoms with van der Waals surface area (Å²) < 4.78 is 22.5. The highest BCUT2D eigenvalue weighted by Crippen LogP contribution is 2.29. The highest BCUT2D eigenvalue weighted by Gasteiger charge is 2.36. The summed E-state index contributed by atoms with van der Waals surface area (Å²) in [5.41, 5.74) is 5.38. The van der Waals surface area contributed by atoms with E-state index in [1.807, 2.05) is 0 Å². The Bertz CT molecular complexity index is 363. The third-order valence-electron chi connectivity index (χ3n) is 2.84. The van der Waals surface area contributed by atoms with Crippen molar-refractivity contribution in [3.63, 3.8) is 0 Å². The van der Waals surface area contributed by atoms with Crippen molar-refractivity contribution in [3.05, 3.63) is 0 Å². The Balaban J connectivity index is 2.61. The van der Waals surface area contributed by atoms with E-state index < -0.39 is 9.84 Å². The van der Waals surface area contributed by atoms with Gasteiger partial charge in [0.15, 0.2) is 0 Å². The molecule has 6 heteroatoms. The molecule has 1 unspecified atom stereocenters. The van der Waals surface area contributed by atoms with Crippen LogP contribution in [0.15, 0.2) is 0 Å². The van der Waals surface area contributed by atoms with Gasteiger partial charge in [-0.15, -0.1) is 0 Å². The topological polar surface area (TPSA) is 80.5 Å². The fourth-order valence-electron chi connectivity index (χ4n) is 2.06. The van der Waals surface area contributed by atoms with E-state index in [2.05, 4.69) is 0 Å². The molecule has 5 nitrogen and oxygen atoms in total. The van der Waals surface area contributed by atoms with E-state index in [1.165, 1.54) is 6.26 Å². The smallest absolute Gasteiger partial charge is 0.223 e. The SMILES string of the molecule is CC(CS(C)(=O)=O)N(C(=O)CCCN)C1CC1. The van der Waals surface area contributed by atoms with Crippen LogP contribution in [0, 0.1) is 0 Å². The highest BCUT2D eigenvalue weighted by molar-refractivity contribution is 7.90. The number of nitrogens with zero attached hydrogens (tertiary/aromatic N) is 1. The van der Waals surface area contributed by atoms with Crippen molar-refractivity contribution in [2.45, 2.75) is 44.7 Å². The molecule has 1 amide bonds. The van der Waals surface area contributed by atoms with E-state index >= 15 is 0 Å². The van der Waals surface area contributed by atoms with Crippen LogP contribution in [0.1, 0.15) is 32.6 Å². The van der Waals surface area contributed by atoms with Crippen molar-refractivity contribution in [1.29, 1.82) is 0 Å². The van der Waals surface area contributed by atoms with Gasteiger partial charge in [0.1, 0.15) is 9.84 Å². The molecule has 1 atom stereocenters. The molecule has 0 bridgehead atoms. The normalized spacial score (nSPS) is 17.8. The molecular formula is C11H22N2O3S. The summed E-state index contributed by atoms with van der Waals surface area (Å²) in [6, 6.07) is 0.0137. The second-order valence-electron chi connectivity index (χ2n) is 4.87. The van der Waals surface area contributed by atoms with Crippen LogP contribution >= 0.6 is 0 Å². The number of carbonyl (C=O) groups is 1. The van der Waals surface area contributed by atoms with Gasteiger partial charge in [-0.05, 0) is 32.7 Å². The molecule has 1 rings (SSSR count). The second kappa shape index (κ2) is 5.82. The molecule has 1 fully saturated rings. The average Bonchev–Trinajstić information content (AvgIpc) is 2.96. The van der Waals surface area contributed by atoms with E-state index in [1.54, 1.807) is 11.8 Å². The van der Waals surface area contributed by atoms with Gasteiger partial charge < -0.3 is 10.6 Å². The van der Waals surface area contributed by atoms with Gasteiger partial charge in [0.05, 0.1) is 5.75 Å². The summed E-state index contributed by atoms with van der Waals surface area (Å²) in [6.45, 7) is 2.30. The van der Waals surface area contributed by atoms with Crippen LogP contribution in [-0.4, -0.2) is 49.9 Å². The van der Waals surface area contributed by atoms with Gasteiger partial charge in [0.25, 0.3) is 0 Å². The molecule has 0 saturated heterocycles. The number of rotatable bonds is 7. The summed E-state index contributed by atoms with van der Waals surface area (Å²) in [6.07, 6.45) is 4.26. The van der Waals surface area contributed by atoms with Crippen LogP contribution in [-0.2, 0) is 14.6 Å². The molecule has 0 radical (unpaired) electrons. The first-order chi connectivity index (χ1) is 7.85. The third kappa shape index (κ3) is 5.04. The number of carbonyl (C=O) groups excluding carboxylic acids is 1. The maximum Gasteiger partial charge on any atom is 0.223 e. The molecule has 0 heterocycles. The van der Waals surface area contributed by atoms with Gasteiger partial charge in [-0.25, -0.2) is 8.42 Å². The summed E-state index contributed by atoms with van der Waals surface area (Å²) in [4.78, 5) is 13.7. The van der Waals surface area contributed by atoms with E-state index in [0.29, 0.717) is 19.4 Å². The van der Waals surface area contributed by atoms with Crippen molar-refractivity contribution in [2.24, 2.45) is 5.73 Å². The molecule has 0 spiro atoms. The molecule has 0 aromatic carbocycles. The minimum Gasteiger partial charge on any atom is -0.336 e. The van der Waals surface area contributed by atoms with Crippen molar-refractivity contribution in [3.8, 4) is 0 Å². The quantitative estimate of drug-likeness (QED) is 0.708. The molecule has 0 aromatic rings. The van der Waals surface area contributed by atoms with Crippen LogP contribution in [0.2, 0.25) is 0 Å². The van der Waals surface area contributed by atoms with Crippen molar-refractivity contribution >= 4 is 15.7 Å². The van der Waals surface area contributed by atoms with Crippen molar-refractivity contribution in [2.75, 3.05) is 18.6 Å². The van der Waals surface area contributed by atoms with Crippen LogP contribution in [0.3, 0.4) is 0 Å². The third-order valence-corrected chi connectivity index (χ3v) is 3.93. The molecule has 100 valence electrons. The van der Waals surface area contributed by atoms with E-state index in [9.17, 15) is 13.2 Å². The fraction of sp³-hybridized carbons (Fsp3) is 0.909. The predicted molar refractivity (Wildman–Crippen MR) is 67.3 cm³/mol. The van der Waals surface area contributed by atoms with Crippen LogP contribution in [0.5, 0.6) is 0 Å². The van der Waals surface area contributed by atoms with E-state index in [4.69, 9.17) is 5.73 Å². The Morgan fingerprint density at radius 1 is 1.47 bits per heavy atom. The van der Waals surface area contributed by atoms with Crippen LogP contribution in [0.4, 0.5) is 0 Å². The monoisotopic (exact) mass is 262 g/mol. The average molecular weight is 262 g/mol. The zero-order valence-corrected chi connectivity index (χ0v) is 11.4. The Labute approximate surface area is 103 Å². The summed E-state index contributed by atoms with van der Waals surface area (Å²) >= 11 is 0. The Hall–Kier alpha value is -0.620. The first-order valence-corrected chi connectivity index (χ1v) is 8.10. The lowest BCUT2D eigenvalue weighted by Gasteiger charge is -2.29. The molecular weight excluding hydrogens is 240 g/mol. The summed E-state index contributed by atoms with van der Waals surface area (Å²) in [5.74, 6) is 0.0758. The number of hydrogen-bond acceptors (Lipinski definition) is 4. The first kappa shape index (κ1) is 14.4. The van der Waals surface area contributed by atoms with Crippen LogP contribution in [0.25, 0.3) is 0 Å². The van der Waals surface area contributed by atoms with Gasteiger partial charge in [0, 0.05) is 24.8 Å². The Morgan fingerprint density at radius 2 is 2.06 bits per heavy atom. The Kier molecular flexibility index (Phi) is 4.94. The maximum absolute atomic E-state index is 12.0. The minimum absolute atomic E-state index is 0.0362. The van der Waals surface area contributed by atoms with Gasteiger partial charge in [0.2, 0.25) is 5.91 Å². The summed E-state index contributed by atoms with van der Waals surface area (Å²) in [5, 5.41) is 0. The largest absolute Gasteiger partial charge is 0.336 e. The van der Waals surface area contributed by atoms with E-state index in [-0.39, 0.29) is 23.7 Å². The maximum atomic E-state index is 12.0. The standard InChI is InChI=1S/C11H22N2O3S/c1-9(8-17(2,15)16)13(10-5-6-10)11(14)4-3-7-12/h9-10H,3-8,12H2,1-2H3. The van der Waals surface area contributed by atoms with Crippen LogP contribution < -0.4 is 5.73 Å². The lowest BCUT2D eigenvalue weighted by molar-refractivity contribution is -0.133. The van der Waals surface area contributed by atoms with E-state index in [0.717, 1.165) is 12.8 Å². The highest BCUT2D eigenvalue weighted by atomic mass is 32.2. The van der Waals surface area contributed by atoms with Gasteiger partial charge in [-0.1, -0.05) is 0 Å². The number of sulfone groups is 1. The van der Waals surface area contributed by atoms with Gasteiger partial charge in [-0.3, -0.25) is 4.79 Å². The summed E-state index contributed by atoms with van der Waals surface area (Å²) in [7, 11) is -3.05. The number of nitrogens with two attached hydrogens (primary N) is 1. The second-order valence-corrected chi connectivity index (χ2v) is 7.05. The molecule has 2 N–H and O–H groups in total. The zero-order chi connectivity index (χ0) is 13.1. The predicted octanol–water partition coefficient (Wildman–Crippen LogP) is 0.149. The van der Waals surface area contributed by atoms with Crippen molar-refractivity contribution in [1.82, 2.24) is 4.90 Å². The van der Waals surface area contributed by atoms with Gasteiger partial charge >= 0.3 is 0 Å². The molecule has 0 aromatic heterocycles. The lowest BCUT2D eigenvalue weighted by Crippen LogP contribution is -2.43. The molecule has 0 aliphatic heterocycles. The molecule has 17 heavy (non-hydrogen) atoms. The molecule has 1 aliphatic rings. The molecule has 1 saturated carbocycles. The zero-order valence-electron chi connectivity index (χ0n) is 10.6. The fourth-order valence-corrected chi connectivity index (χ4v) is 3.10. The van der Waals surface area contributed by atoms with Gasteiger partial charge in [-0.2, -0.15) is 0 Å².